The average molecular weight is 711 g/mol. The van der Waals surface area contributed by atoms with Gasteiger partial charge in [-0.05, 0) is 112 Å². The van der Waals surface area contributed by atoms with Crippen molar-refractivity contribution in [3.05, 3.63) is 97.1 Å². The second-order valence-electron chi connectivity index (χ2n) is 12.7. The topological polar surface area (TPSA) is 120 Å². The van der Waals surface area contributed by atoms with Crippen LogP contribution in [0.4, 0.5) is 22.7 Å². The Bertz CT molecular complexity index is 1450. The van der Waals surface area contributed by atoms with Crippen molar-refractivity contribution in [2.45, 2.75) is 90.9 Å². The molecular formula is C42H54N4O6. The van der Waals surface area contributed by atoms with E-state index >= 15 is 0 Å². The van der Waals surface area contributed by atoms with E-state index in [1.165, 1.54) is 0 Å². The molecule has 0 aromatic heterocycles. The zero-order valence-corrected chi connectivity index (χ0v) is 30.9. The van der Waals surface area contributed by atoms with Crippen molar-refractivity contribution in [1.29, 1.82) is 0 Å². The van der Waals surface area contributed by atoms with Crippen LogP contribution in [-0.4, -0.2) is 38.4 Å². The number of carbonyl (C=O) groups is 2. The van der Waals surface area contributed by atoms with E-state index in [1.54, 1.807) is 13.8 Å². The molecular weight excluding hydrogens is 656 g/mol. The summed E-state index contributed by atoms with van der Waals surface area (Å²) in [5.41, 5.74) is 3.80. The number of carbonyl (C=O) groups excluding carboxylic acids is 2. The van der Waals surface area contributed by atoms with Crippen molar-refractivity contribution in [2.24, 2.45) is 20.5 Å². The molecule has 0 amide bonds. The van der Waals surface area contributed by atoms with Gasteiger partial charge in [-0.3, -0.25) is 0 Å². The second-order valence-corrected chi connectivity index (χ2v) is 12.7. The first kappa shape index (κ1) is 41.3. The Kier molecular flexibility index (Phi) is 19.8. The number of esters is 2. The minimum Gasteiger partial charge on any atom is -0.494 e. The Labute approximate surface area is 309 Å². The minimum absolute atomic E-state index is 0.310. The predicted molar refractivity (Wildman–Crippen MR) is 206 cm³/mol. The SMILES string of the molecule is C=C(C)C(=O)OCCCCCCCCOc1ccc(N=Nc2ccc(N=Nc3ccc(OCCCCCCCCOC(=O)C(=C)C)cc3)cc2)cc1. The smallest absolute Gasteiger partial charge is 0.333 e. The van der Waals surface area contributed by atoms with Crippen LogP contribution in [-0.2, 0) is 19.1 Å². The van der Waals surface area contributed by atoms with Crippen molar-refractivity contribution in [3.63, 3.8) is 0 Å². The van der Waals surface area contributed by atoms with Gasteiger partial charge in [0.15, 0.2) is 0 Å². The molecule has 0 saturated carbocycles. The van der Waals surface area contributed by atoms with Gasteiger partial charge in [0.2, 0.25) is 0 Å². The molecule has 0 saturated heterocycles. The molecule has 278 valence electrons. The zero-order valence-electron chi connectivity index (χ0n) is 30.9. The third-order valence-corrected chi connectivity index (χ3v) is 7.86. The molecule has 3 rings (SSSR count). The molecule has 10 nitrogen and oxygen atoms in total. The summed E-state index contributed by atoms with van der Waals surface area (Å²) in [4.78, 5) is 22.7. The number of hydrogen-bond donors (Lipinski definition) is 0. The van der Waals surface area contributed by atoms with Crippen LogP contribution in [0.3, 0.4) is 0 Å². The van der Waals surface area contributed by atoms with Crippen LogP contribution in [0.25, 0.3) is 0 Å². The van der Waals surface area contributed by atoms with Crippen LogP contribution in [0.1, 0.15) is 90.9 Å². The van der Waals surface area contributed by atoms with E-state index in [1.807, 2.05) is 72.8 Å². The maximum Gasteiger partial charge on any atom is 0.333 e. The summed E-state index contributed by atoms with van der Waals surface area (Å²) in [5, 5.41) is 17.3. The maximum absolute atomic E-state index is 11.3. The van der Waals surface area contributed by atoms with Gasteiger partial charge in [-0.1, -0.05) is 64.5 Å². The molecule has 0 heterocycles. The first-order valence-electron chi connectivity index (χ1n) is 18.3. The van der Waals surface area contributed by atoms with Crippen LogP contribution in [0.2, 0.25) is 0 Å². The molecule has 0 aliphatic carbocycles. The Balaban J connectivity index is 1.24. The van der Waals surface area contributed by atoms with E-state index in [-0.39, 0.29) is 11.9 Å². The number of azo groups is 2. The Hall–Kier alpha value is -5.12. The first-order valence-corrected chi connectivity index (χ1v) is 18.3. The second kappa shape index (κ2) is 24.9. The summed E-state index contributed by atoms with van der Waals surface area (Å²) in [5.74, 6) is 1.00. The van der Waals surface area contributed by atoms with Gasteiger partial charge < -0.3 is 18.9 Å². The average Bonchev–Trinajstić information content (AvgIpc) is 3.15. The highest BCUT2D eigenvalue weighted by Crippen LogP contribution is 2.25. The van der Waals surface area contributed by atoms with E-state index in [9.17, 15) is 9.59 Å². The highest BCUT2D eigenvalue weighted by molar-refractivity contribution is 5.87. The lowest BCUT2D eigenvalue weighted by Gasteiger charge is -2.07. The lowest BCUT2D eigenvalue weighted by molar-refractivity contribution is -0.139. The molecule has 0 aliphatic rings. The lowest BCUT2D eigenvalue weighted by atomic mass is 10.1. The van der Waals surface area contributed by atoms with Crippen molar-refractivity contribution < 1.29 is 28.5 Å². The summed E-state index contributed by atoms with van der Waals surface area (Å²) in [6.07, 6.45) is 12.6. The van der Waals surface area contributed by atoms with Gasteiger partial charge in [-0.15, -0.1) is 0 Å². The molecule has 52 heavy (non-hydrogen) atoms. The minimum atomic E-state index is -0.310. The third-order valence-electron chi connectivity index (χ3n) is 7.86. The van der Waals surface area contributed by atoms with Crippen LogP contribution >= 0.6 is 0 Å². The standard InChI is InChI=1S/C42H54N4O6/c1-33(2)41(47)51-31-15-11-7-5-9-13-29-49-39-25-21-37(22-26-39)45-43-35-17-19-36(20-18-35)44-46-38-23-27-40(28-24-38)50-30-14-10-6-8-12-16-32-52-42(48)34(3)4/h17-28H,1,3,5-16,29-32H2,2,4H3. The number of benzene rings is 3. The number of nitrogens with zero attached hydrogens (tertiary/aromatic N) is 4. The normalized spacial score (nSPS) is 11.1. The van der Waals surface area contributed by atoms with Gasteiger partial charge in [0.25, 0.3) is 0 Å². The summed E-state index contributed by atoms with van der Waals surface area (Å²) in [6, 6.07) is 22.6. The number of hydrogen-bond acceptors (Lipinski definition) is 10. The maximum atomic E-state index is 11.3. The predicted octanol–water partition coefficient (Wildman–Crippen LogP) is 12.2. The summed E-state index contributed by atoms with van der Waals surface area (Å²) in [6.45, 7) is 12.7. The van der Waals surface area contributed by atoms with Crippen LogP contribution in [0.15, 0.2) is 118 Å². The molecule has 0 fully saturated rings. The van der Waals surface area contributed by atoms with Gasteiger partial charge in [0.05, 0.1) is 49.2 Å². The van der Waals surface area contributed by atoms with Crippen molar-refractivity contribution >= 4 is 34.7 Å². The van der Waals surface area contributed by atoms with E-state index in [0.717, 1.165) is 111 Å². The first-order chi connectivity index (χ1) is 25.3. The van der Waals surface area contributed by atoms with Gasteiger partial charge in [0.1, 0.15) is 11.5 Å². The Morgan fingerprint density at radius 2 is 0.673 bits per heavy atom. The van der Waals surface area contributed by atoms with Gasteiger partial charge in [-0.2, -0.15) is 20.5 Å². The number of unbranched alkanes of at least 4 members (excludes halogenated alkanes) is 10. The van der Waals surface area contributed by atoms with Crippen molar-refractivity contribution in [1.82, 2.24) is 0 Å². The van der Waals surface area contributed by atoms with Crippen LogP contribution < -0.4 is 9.47 Å². The molecule has 10 heteroatoms. The zero-order chi connectivity index (χ0) is 37.2. The van der Waals surface area contributed by atoms with Crippen LogP contribution in [0, 0.1) is 0 Å². The van der Waals surface area contributed by atoms with E-state index < -0.39 is 0 Å². The molecule has 0 unspecified atom stereocenters. The van der Waals surface area contributed by atoms with E-state index in [0.29, 0.717) is 37.6 Å². The van der Waals surface area contributed by atoms with Gasteiger partial charge >= 0.3 is 11.9 Å². The fourth-order valence-corrected chi connectivity index (χ4v) is 4.81. The molecule has 3 aromatic carbocycles. The summed E-state index contributed by atoms with van der Waals surface area (Å²) in [7, 11) is 0. The fraction of sp³-hybridized carbons (Fsp3) is 0.429. The lowest BCUT2D eigenvalue weighted by Crippen LogP contribution is -2.06. The molecule has 0 spiro atoms. The quantitative estimate of drug-likeness (QED) is 0.0354. The molecule has 3 aromatic rings. The molecule has 0 radical (unpaired) electrons. The largest absolute Gasteiger partial charge is 0.494 e. The molecule has 0 atom stereocenters. The Morgan fingerprint density at radius 1 is 0.423 bits per heavy atom. The van der Waals surface area contributed by atoms with Crippen molar-refractivity contribution in [2.75, 3.05) is 26.4 Å². The number of ether oxygens (including phenoxy) is 4. The number of rotatable bonds is 26. The Morgan fingerprint density at radius 3 is 0.962 bits per heavy atom. The van der Waals surface area contributed by atoms with E-state index in [2.05, 4.69) is 33.6 Å². The van der Waals surface area contributed by atoms with Crippen molar-refractivity contribution in [3.8, 4) is 11.5 Å². The third kappa shape index (κ3) is 18.2. The molecule has 0 bridgehead atoms. The molecule has 0 N–H and O–H groups in total. The van der Waals surface area contributed by atoms with Gasteiger partial charge in [0, 0.05) is 11.1 Å². The fourth-order valence-electron chi connectivity index (χ4n) is 4.81. The monoisotopic (exact) mass is 710 g/mol. The summed E-state index contributed by atoms with van der Waals surface area (Å²) >= 11 is 0. The highest BCUT2D eigenvalue weighted by atomic mass is 16.5. The van der Waals surface area contributed by atoms with Gasteiger partial charge in [-0.25, -0.2) is 9.59 Å². The summed E-state index contributed by atoms with van der Waals surface area (Å²) < 4.78 is 21.9. The molecule has 0 aliphatic heterocycles. The van der Waals surface area contributed by atoms with Crippen LogP contribution in [0.5, 0.6) is 11.5 Å². The highest BCUT2D eigenvalue weighted by Gasteiger charge is 2.04. The van der Waals surface area contributed by atoms with E-state index in [4.69, 9.17) is 18.9 Å².